The topological polar surface area (TPSA) is 38.3 Å². The molecule has 0 saturated heterocycles. The normalized spacial score (nSPS) is 28.4. The Labute approximate surface area is 127 Å². The fraction of sp³-hybridized carbons (Fsp3) is 0.611. The number of carbonyl (C=O) groups is 1. The van der Waals surface area contributed by atoms with E-state index in [1.165, 1.54) is 19.3 Å². The minimum absolute atomic E-state index is 0.0540. The number of hydrogen-bond acceptors (Lipinski definition) is 2. The van der Waals surface area contributed by atoms with Crippen LogP contribution in [0, 0.1) is 18.8 Å². The van der Waals surface area contributed by atoms with Gasteiger partial charge in [0.25, 0.3) is 5.91 Å². The lowest BCUT2D eigenvalue weighted by molar-refractivity contribution is -0.129. The van der Waals surface area contributed by atoms with Gasteiger partial charge in [0, 0.05) is 6.04 Å². The zero-order valence-corrected chi connectivity index (χ0v) is 13.0. The maximum atomic E-state index is 12.5. The molecule has 4 unspecified atom stereocenters. The zero-order valence-electron chi connectivity index (χ0n) is 13.0. The summed E-state index contributed by atoms with van der Waals surface area (Å²) in [7, 11) is 0. The number of carbonyl (C=O) groups excluding carboxylic acids is 1. The van der Waals surface area contributed by atoms with Crippen LogP contribution in [0.15, 0.2) is 24.3 Å². The summed E-state index contributed by atoms with van der Waals surface area (Å²) in [5, 5.41) is 3.24. The number of rotatable bonds is 5. The molecule has 2 bridgehead atoms. The van der Waals surface area contributed by atoms with E-state index in [0.717, 1.165) is 23.7 Å². The molecule has 2 saturated carbocycles. The summed E-state index contributed by atoms with van der Waals surface area (Å²) in [6, 6.07) is 8.26. The van der Waals surface area contributed by atoms with Crippen LogP contribution in [0.3, 0.4) is 0 Å². The predicted molar refractivity (Wildman–Crippen MR) is 83.3 cm³/mol. The first-order valence-electron chi connectivity index (χ1n) is 8.20. The standard InChI is InChI=1S/C18H25NO2/c1-3-16(21-17-7-5-4-6-12(17)2)18(20)19-15-11-13-8-9-14(15)10-13/h4-7,13-16H,3,8-11H2,1-2H3,(H,19,20). The van der Waals surface area contributed by atoms with E-state index in [1.807, 2.05) is 38.1 Å². The SMILES string of the molecule is CCC(Oc1ccccc1C)C(=O)NC1CC2CCC1C2. The third-order valence-electron chi connectivity index (χ3n) is 5.09. The fourth-order valence-corrected chi connectivity index (χ4v) is 3.86. The van der Waals surface area contributed by atoms with Gasteiger partial charge in [-0.3, -0.25) is 4.79 Å². The van der Waals surface area contributed by atoms with E-state index in [2.05, 4.69) is 5.32 Å². The Morgan fingerprint density at radius 3 is 2.76 bits per heavy atom. The molecule has 3 rings (SSSR count). The molecule has 1 aromatic rings. The Hall–Kier alpha value is -1.51. The second-order valence-electron chi connectivity index (χ2n) is 6.57. The highest BCUT2D eigenvalue weighted by Gasteiger charge is 2.40. The molecule has 0 aromatic heterocycles. The van der Waals surface area contributed by atoms with Gasteiger partial charge in [-0.2, -0.15) is 0 Å². The van der Waals surface area contributed by atoms with Crippen molar-refractivity contribution in [2.24, 2.45) is 11.8 Å². The number of amides is 1. The average Bonchev–Trinajstić information content (AvgIpc) is 3.09. The molecule has 1 amide bonds. The highest BCUT2D eigenvalue weighted by Crippen LogP contribution is 2.44. The first kappa shape index (κ1) is 14.4. The number of ether oxygens (including phenoxy) is 1. The number of nitrogens with one attached hydrogen (secondary N) is 1. The van der Waals surface area contributed by atoms with Gasteiger partial charge >= 0.3 is 0 Å². The number of aryl methyl sites for hydroxylation is 1. The van der Waals surface area contributed by atoms with Gasteiger partial charge < -0.3 is 10.1 Å². The summed E-state index contributed by atoms with van der Waals surface area (Å²) >= 11 is 0. The lowest BCUT2D eigenvalue weighted by atomic mass is 9.95. The lowest BCUT2D eigenvalue weighted by Crippen LogP contribution is -2.45. The van der Waals surface area contributed by atoms with Crippen LogP contribution in [-0.2, 0) is 4.79 Å². The van der Waals surface area contributed by atoms with Crippen LogP contribution in [0.25, 0.3) is 0 Å². The van der Waals surface area contributed by atoms with Gasteiger partial charge in [0.15, 0.2) is 6.10 Å². The smallest absolute Gasteiger partial charge is 0.261 e. The number of hydrogen-bond donors (Lipinski definition) is 1. The predicted octanol–water partition coefficient (Wildman–Crippen LogP) is 3.46. The Bertz CT molecular complexity index is 514. The van der Waals surface area contributed by atoms with E-state index in [4.69, 9.17) is 4.74 Å². The average molecular weight is 287 g/mol. The molecule has 0 aliphatic heterocycles. The van der Waals surface area contributed by atoms with Gasteiger partial charge in [0.2, 0.25) is 0 Å². The second kappa shape index (κ2) is 6.08. The Morgan fingerprint density at radius 1 is 1.33 bits per heavy atom. The first-order chi connectivity index (χ1) is 10.2. The summed E-state index contributed by atoms with van der Waals surface area (Å²) in [5.74, 6) is 2.42. The molecule has 21 heavy (non-hydrogen) atoms. The lowest BCUT2D eigenvalue weighted by Gasteiger charge is -2.26. The number of para-hydroxylation sites is 1. The van der Waals surface area contributed by atoms with Crippen molar-refractivity contribution in [1.82, 2.24) is 5.32 Å². The van der Waals surface area contributed by atoms with E-state index in [1.54, 1.807) is 0 Å². The maximum Gasteiger partial charge on any atom is 0.261 e. The molecule has 2 aliphatic carbocycles. The minimum atomic E-state index is -0.384. The molecule has 2 aliphatic rings. The molecule has 0 heterocycles. The van der Waals surface area contributed by atoms with Gasteiger partial charge in [0.05, 0.1) is 0 Å². The summed E-state index contributed by atoms with van der Waals surface area (Å²) in [6.07, 6.45) is 5.42. The zero-order chi connectivity index (χ0) is 14.8. The van der Waals surface area contributed by atoms with Crippen molar-refractivity contribution < 1.29 is 9.53 Å². The minimum Gasteiger partial charge on any atom is -0.480 e. The maximum absolute atomic E-state index is 12.5. The van der Waals surface area contributed by atoms with Crippen molar-refractivity contribution in [3.05, 3.63) is 29.8 Å². The van der Waals surface area contributed by atoms with Gasteiger partial charge in [-0.05, 0) is 56.1 Å². The molecule has 3 heteroatoms. The van der Waals surface area contributed by atoms with Crippen molar-refractivity contribution in [1.29, 1.82) is 0 Å². The molecule has 4 atom stereocenters. The Kier molecular flexibility index (Phi) is 4.18. The highest BCUT2D eigenvalue weighted by atomic mass is 16.5. The fourth-order valence-electron chi connectivity index (χ4n) is 3.86. The van der Waals surface area contributed by atoms with Crippen LogP contribution in [0.2, 0.25) is 0 Å². The molecule has 0 radical (unpaired) electrons. The number of benzene rings is 1. The van der Waals surface area contributed by atoms with E-state index in [9.17, 15) is 4.79 Å². The monoisotopic (exact) mass is 287 g/mol. The van der Waals surface area contributed by atoms with Gasteiger partial charge in [0.1, 0.15) is 5.75 Å². The van der Waals surface area contributed by atoms with Crippen LogP contribution in [0.5, 0.6) is 5.75 Å². The highest BCUT2D eigenvalue weighted by molar-refractivity contribution is 5.81. The van der Waals surface area contributed by atoms with Crippen LogP contribution in [0.1, 0.15) is 44.6 Å². The summed E-state index contributed by atoms with van der Waals surface area (Å²) in [4.78, 5) is 12.5. The summed E-state index contributed by atoms with van der Waals surface area (Å²) < 4.78 is 5.93. The summed E-state index contributed by atoms with van der Waals surface area (Å²) in [5.41, 5.74) is 1.07. The van der Waals surface area contributed by atoms with Gasteiger partial charge in [-0.15, -0.1) is 0 Å². The summed E-state index contributed by atoms with van der Waals surface area (Å²) in [6.45, 7) is 4.01. The van der Waals surface area contributed by atoms with Crippen LogP contribution >= 0.6 is 0 Å². The van der Waals surface area contributed by atoms with E-state index in [0.29, 0.717) is 18.4 Å². The Balaban J connectivity index is 1.60. The van der Waals surface area contributed by atoms with E-state index < -0.39 is 0 Å². The van der Waals surface area contributed by atoms with Crippen LogP contribution in [-0.4, -0.2) is 18.1 Å². The van der Waals surface area contributed by atoms with E-state index >= 15 is 0 Å². The number of fused-ring (bicyclic) bond motifs is 2. The molecule has 0 spiro atoms. The third-order valence-corrected chi connectivity index (χ3v) is 5.09. The molecule has 2 fully saturated rings. The molecule has 3 nitrogen and oxygen atoms in total. The molecule has 114 valence electrons. The van der Waals surface area contributed by atoms with Crippen molar-refractivity contribution >= 4 is 5.91 Å². The van der Waals surface area contributed by atoms with Gasteiger partial charge in [-0.25, -0.2) is 0 Å². The van der Waals surface area contributed by atoms with Gasteiger partial charge in [-0.1, -0.05) is 31.5 Å². The van der Waals surface area contributed by atoms with Crippen LogP contribution < -0.4 is 10.1 Å². The molecular weight excluding hydrogens is 262 g/mol. The largest absolute Gasteiger partial charge is 0.480 e. The van der Waals surface area contributed by atoms with E-state index in [-0.39, 0.29) is 12.0 Å². The molecular formula is C18H25NO2. The van der Waals surface area contributed by atoms with Crippen LogP contribution in [0.4, 0.5) is 0 Å². The molecule has 1 N–H and O–H groups in total. The quantitative estimate of drug-likeness (QED) is 0.900. The first-order valence-corrected chi connectivity index (χ1v) is 8.20. The second-order valence-corrected chi connectivity index (χ2v) is 6.57. The van der Waals surface area contributed by atoms with Crippen molar-refractivity contribution in [2.45, 2.75) is 58.1 Å². The van der Waals surface area contributed by atoms with Crippen molar-refractivity contribution in [2.75, 3.05) is 0 Å². The molecule has 1 aromatic carbocycles. The van der Waals surface area contributed by atoms with Crippen molar-refractivity contribution in [3.63, 3.8) is 0 Å². The van der Waals surface area contributed by atoms with Crippen molar-refractivity contribution in [3.8, 4) is 5.75 Å². The third kappa shape index (κ3) is 3.07. The Morgan fingerprint density at radius 2 is 2.14 bits per heavy atom.